The highest BCUT2D eigenvalue weighted by molar-refractivity contribution is 7.01. The van der Waals surface area contributed by atoms with Crippen LogP contribution in [0.5, 0.6) is 46.0 Å². The van der Waals surface area contributed by atoms with Crippen LogP contribution in [0.1, 0.15) is 128 Å². The maximum atomic E-state index is 7.24. The first kappa shape index (κ1) is 37.6. The number of hydrogen-bond acceptors (Lipinski definition) is 6. The molecule has 0 atom stereocenters. The predicted octanol–water partition coefficient (Wildman–Crippen LogP) is 10.1. The monoisotopic (exact) mass is 820 g/mol. The summed E-state index contributed by atoms with van der Waals surface area (Å²) in [5.74, 6) is 7.37. The molecule has 5 aromatic carbocycles. The average molecular weight is 821 g/mol. The highest BCUT2D eigenvalue weighted by Gasteiger charge is 2.46. The third-order valence-electron chi connectivity index (χ3n) is 16.3. The van der Waals surface area contributed by atoms with E-state index < -0.39 is 0 Å². The number of ether oxygens (including phenoxy) is 4. The van der Waals surface area contributed by atoms with Crippen LogP contribution >= 0.6 is 0 Å². The minimum atomic E-state index is -0.0243. The molecule has 6 nitrogen and oxygen atoms in total. The van der Waals surface area contributed by atoms with Crippen molar-refractivity contribution in [3.8, 4) is 46.0 Å². The number of fused-ring (bicyclic) bond motifs is 8. The fourth-order valence-corrected chi connectivity index (χ4v) is 13.5. The van der Waals surface area contributed by atoms with E-state index >= 15 is 0 Å². The Labute approximate surface area is 368 Å². The summed E-state index contributed by atoms with van der Waals surface area (Å²) in [6.45, 7) is -0.0486. The van der Waals surface area contributed by atoms with Gasteiger partial charge in [0, 0.05) is 76.8 Å². The van der Waals surface area contributed by atoms with Crippen LogP contribution in [-0.4, -0.2) is 37.6 Å². The number of benzene rings is 5. The molecular weight excluding hydrogens is 762 g/mol. The molecule has 0 radical (unpaired) electrons. The lowest BCUT2D eigenvalue weighted by atomic mass is 9.31. The van der Waals surface area contributed by atoms with E-state index in [2.05, 4.69) is 94.7 Å². The molecule has 0 bridgehead atoms. The summed E-state index contributed by atoms with van der Waals surface area (Å²) in [7, 11) is 0. The lowest BCUT2D eigenvalue weighted by Crippen LogP contribution is -2.61. The molecule has 8 heteroatoms. The molecule has 4 fully saturated rings. The lowest BCUT2D eigenvalue weighted by molar-refractivity contribution is 0.339. The van der Waals surface area contributed by atoms with Crippen molar-refractivity contribution in [3.63, 3.8) is 0 Å². The summed E-state index contributed by atoms with van der Waals surface area (Å²) in [6, 6.07) is 33.7. The quantitative estimate of drug-likeness (QED) is 0.156. The molecule has 4 heterocycles. The molecule has 314 valence electrons. The van der Waals surface area contributed by atoms with Crippen molar-refractivity contribution < 1.29 is 18.9 Å². The first-order valence-corrected chi connectivity index (χ1v) is 24.7. The Balaban J connectivity index is 0.955. The SMILES string of the molecule is c1ccc2c(c1)Oc1cc(N(C3CCCCC3)C3CCCCC3)cc3c1B2c1cc2c(cc1O3)Oc1cc(N(C3CCCCC3)C3CCCCC3)cc3c1B2c1ccccc1O3. The van der Waals surface area contributed by atoms with Crippen LogP contribution in [0.3, 0.4) is 0 Å². The maximum Gasteiger partial charge on any atom is 0.260 e. The summed E-state index contributed by atoms with van der Waals surface area (Å²) in [5.41, 5.74) is 9.55. The average Bonchev–Trinajstić information content (AvgIpc) is 3.32. The van der Waals surface area contributed by atoms with Gasteiger partial charge in [0.05, 0.1) is 0 Å². The minimum Gasteiger partial charge on any atom is -0.458 e. The van der Waals surface area contributed by atoms with E-state index in [1.807, 2.05) is 0 Å². The molecular formula is C54H58B2N2O4. The molecule has 0 N–H and O–H groups in total. The van der Waals surface area contributed by atoms with Gasteiger partial charge in [0.1, 0.15) is 46.0 Å². The van der Waals surface area contributed by atoms with Gasteiger partial charge in [0.25, 0.3) is 13.4 Å². The molecule has 13 rings (SSSR count). The Bertz CT molecular complexity index is 2330. The van der Waals surface area contributed by atoms with Crippen LogP contribution in [0.2, 0.25) is 0 Å². The smallest absolute Gasteiger partial charge is 0.260 e. The third kappa shape index (κ3) is 6.20. The Hall–Kier alpha value is -4.97. The predicted molar refractivity (Wildman–Crippen MR) is 254 cm³/mol. The maximum absolute atomic E-state index is 7.24. The molecule has 0 amide bonds. The zero-order valence-corrected chi connectivity index (χ0v) is 36.2. The largest absolute Gasteiger partial charge is 0.458 e. The summed E-state index contributed by atoms with van der Waals surface area (Å²) < 4.78 is 28.4. The fraction of sp³-hybridized carbons (Fsp3) is 0.444. The standard InChI is InChI=1S/C54H58B2N2O4/c1-5-17-35(18-6-1)57(36-19-7-2-8-20-36)39-29-49-53-51(31-39)61-47-34-48-44(33-43(47)55(53)41-25-13-15-27-45(41)59-49)56-42-26-14-16-28-46(42)60-50-30-40(32-52(62-48)54(50)56)58(37-21-9-3-10-22-37)38-23-11-4-12-24-38/h13-16,25-38H,1-12,17-24H2. The Morgan fingerprint density at radius 3 is 1.00 bits per heavy atom. The number of nitrogens with zero attached hydrogens (tertiary/aromatic N) is 2. The van der Waals surface area contributed by atoms with Gasteiger partial charge in [0.15, 0.2) is 0 Å². The van der Waals surface area contributed by atoms with Crippen molar-refractivity contribution >= 4 is 57.6 Å². The second-order valence-electron chi connectivity index (χ2n) is 20.0. The summed E-state index contributed by atoms with van der Waals surface area (Å²) in [5, 5.41) is 0. The summed E-state index contributed by atoms with van der Waals surface area (Å²) >= 11 is 0. The highest BCUT2D eigenvalue weighted by Crippen LogP contribution is 2.45. The third-order valence-corrected chi connectivity index (χ3v) is 16.3. The van der Waals surface area contributed by atoms with E-state index in [1.54, 1.807) is 0 Å². The molecule has 8 aliphatic rings. The van der Waals surface area contributed by atoms with Crippen molar-refractivity contribution in [2.45, 2.75) is 153 Å². The van der Waals surface area contributed by atoms with Crippen molar-refractivity contribution in [2.75, 3.05) is 9.80 Å². The van der Waals surface area contributed by atoms with Gasteiger partial charge in [-0.2, -0.15) is 0 Å². The number of anilines is 2. The second kappa shape index (κ2) is 15.4. The molecule has 5 aromatic rings. The minimum absolute atomic E-state index is 0.0243. The van der Waals surface area contributed by atoms with Crippen molar-refractivity contribution in [1.82, 2.24) is 0 Å². The normalized spacial score (nSPS) is 20.5. The van der Waals surface area contributed by atoms with Gasteiger partial charge in [-0.3, -0.25) is 0 Å². The van der Waals surface area contributed by atoms with Crippen LogP contribution in [0.4, 0.5) is 11.4 Å². The van der Waals surface area contributed by atoms with Gasteiger partial charge >= 0.3 is 0 Å². The van der Waals surface area contributed by atoms with Crippen LogP contribution in [0.15, 0.2) is 84.9 Å². The molecule has 0 unspecified atom stereocenters. The van der Waals surface area contributed by atoms with Gasteiger partial charge in [0.2, 0.25) is 0 Å². The van der Waals surface area contributed by atoms with Crippen LogP contribution in [-0.2, 0) is 0 Å². The van der Waals surface area contributed by atoms with E-state index in [0.29, 0.717) is 24.2 Å². The van der Waals surface area contributed by atoms with E-state index in [-0.39, 0.29) is 13.4 Å². The van der Waals surface area contributed by atoms with E-state index in [0.717, 1.165) is 56.9 Å². The van der Waals surface area contributed by atoms with Crippen LogP contribution in [0, 0.1) is 0 Å². The fourth-order valence-electron chi connectivity index (χ4n) is 13.5. The van der Waals surface area contributed by atoms with Crippen molar-refractivity contribution in [1.29, 1.82) is 0 Å². The number of rotatable bonds is 6. The Morgan fingerprint density at radius 1 is 0.323 bits per heavy atom. The molecule has 0 aromatic heterocycles. The zero-order valence-electron chi connectivity index (χ0n) is 36.2. The summed E-state index contributed by atoms with van der Waals surface area (Å²) in [6.07, 6.45) is 26.1. The summed E-state index contributed by atoms with van der Waals surface area (Å²) in [4.78, 5) is 5.64. The van der Waals surface area contributed by atoms with Gasteiger partial charge in [-0.15, -0.1) is 0 Å². The van der Waals surface area contributed by atoms with E-state index in [9.17, 15) is 0 Å². The van der Waals surface area contributed by atoms with Gasteiger partial charge in [-0.25, -0.2) is 0 Å². The zero-order chi connectivity index (χ0) is 40.7. The van der Waals surface area contributed by atoms with Gasteiger partial charge in [-0.05, 0) is 85.4 Å². The molecule has 0 spiro atoms. The molecule has 0 saturated heterocycles. The molecule has 4 aliphatic heterocycles. The van der Waals surface area contributed by atoms with Gasteiger partial charge in [-0.1, -0.05) is 120 Å². The molecule has 62 heavy (non-hydrogen) atoms. The topological polar surface area (TPSA) is 43.4 Å². The second-order valence-corrected chi connectivity index (χ2v) is 20.0. The van der Waals surface area contributed by atoms with E-state index in [1.165, 1.54) is 162 Å². The van der Waals surface area contributed by atoms with Crippen molar-refractivity contribution in [2.24, 2.45) is 0 Å². The Morgan fingerprint density at radius 2 is 0.645 bits per heavy atom. The van der Waals surface area contributed by atoms with Crippen LogP contribution < -0.4 is 61.5 Å². The van der Waals surface area contributed by atoms with Crippen LogP contribution in [0.25, 0.3) is 0 Å². The number of para-hydroxylation sites is 2. The first-order chi connectivity index (χ1) is 30.7. The molecule has 4 aliphatic carbocycles. The Kier molecular flexibility index (Phi) is 9.32. The number of hydrogen-bond donors (Lipinski definition) is 0. The van der Waals surface area contributed by atoms with E-state index in [4.69, 9.17) is 18.9 Å². The highest BCUT2D eigenvalue weighted by atomic mass is 16.5. The molecule has 4 saturated carbocycles. The van der Waals surface area contributed by atoms with Gasteiger partial charge < -0.3 is 28.7 Å². The lowest BCUT2D eigenvalue weighted by Gasteiger charge is -2.44. The first-order valence-electron chi connectivity index (χ1n) is 24.7. The van der Waals surface area contributed by atoms with Crippen molar-refractivity contribution in [3.05, 3.63) is 84.9 Å².